The molecule has 3 aromatic rings. The second kappa shape index (κ2) is 6.08. The molecular weight excluding hydrogens is 334 g/mol. The van der Waals surface area contributed by atoms with Crippen molar-refractivity contribution in [1.82, 2.24) is 10.2 Å². The number of anilines is 3. The SMILES string of the molecule is Cc1ccc2c(c1)Oc1ccnnc1N2c1c(C)cc(C(C)(C)C)cc1C. The average molecular weight is 359 g/mol. The molecule has 0 saturated carbocycles. The van der Waals surface area contributed by atoms with Crippen LogP contribution in [0.25, 0.3) is 0 Å². The van der Waals surface area contributed by atoms with E-state index in [9.17, 15) is 0 Å². The molecule has 27 heavy (non-hydrogen) atoms. The first-order chi connectivity index (χ1) is 12.8. The van der Waals surface area contributed by atoms with E-state index >= 15 is 0 Å². The minimum Gasteiger partial charge on any atom is -0.451 e. The van der Waals surface area contributed by atoms with E-state index in [1.54, 1.807) is 6.20 Å². The molecule has 4 heteroatoms. The molecule has 0 bridgehead atoms. The number of aryl methyl sites for hydroxylation is 3. The van der Waals surface area contributed by atoms with E-state index < -0.39 is 0 Å². The van der Waals surface area contributed by atoms with Gasteiger partial charge < -0.3 is 4.74 Å². The third-order valence-corrected chi connectivity index (χ3v) is 5.03. The summed E-state index contributed by atoms with van der Waals surface area (Å²) in [6.07, 6.45) is 1.67. The van der Waals surface area contributed by atoms with Gasteiger partial charge in [-0.05, 0) is 60.6 Å². The Morgan fingerprint density at radius 3 is 2.26 bits per heavy atom. The first-order valence-electron chi connectivity index (χ1n) is 9.28. The third kappa shape index (κ3) is 2.95. The molecule has 4 rings (SSSR count). The maximum Gasteiger partial charge on any atom is 0.203 e. The number of rotatable bonds is 1. The van der Waals surface area contributed by atoms with Gasteiger partial charge in [-0.25, -0.2) is 0 Å². The Morgan fingerprint density at radius 2 is 1.59 bits per heavy atom. The zero-order valence-corrected chi connectivity index (χ0v) is 16.8. The van der Waals surface area contributed by atoms with Crippen LogP contribution in [0.4, 0.5) is 17.2 Å². The van der Waals surface area contributed by atoms with E-state index in [2.05, 4.69) is 87.0 Å². The van der Waals surface area contributed by atoms with Crippen LogP contribution in [0.5, 0.6) is 11.5 Å². The largest absolute Gasteiger partial charge is 0.451 e. The van der Waals surface area contributed by atoms with E-state index in [0.29, 0.717) is 0 Å². The second-order valence-corrected chi connectivity index (χ2v) is 8.34. The van der Waals surface area contributed by atoms with Crippen LogP contribution in [0.1, 0.15) is 43.0 Å². The highest BCUT2D eigenvalue weighted by Gasteiger charge is 2.30. The number of aromatic nitrogens is 2. The number of hydrogen-bond donors (Lipinski definition) is 0. The van der Waals surface area contributed by atoms with Crippen LogP contribution >= 0.6 is 0 Å². The Hall–Kier alpha value is -2.88. The van der Waals surface area contributed by atoms with Gasteiger partial charge in [0.1, 0.15) is 0 Å². The van der Waals surface area contributed by atoms with Gasteiger partial charge in [0.2, 0.25) is 5.82 Å². The number of ether oxygens (including phenoxy) is 1. The van der Waals surface area contributed by atoms with Crippen LogP contribution in [0, 0.1) is 20.8 Å². The number of fused-ring (bicyclic) bond motifs is 2. The Kier molecular flexibility index (Phi) is 3.95. The molecule has 1 aliphatic rings. The van der Waals surface area contributed by atoms with Gasteiger partial charge in [-0.3, -0.25) is 4.90 Å². The molecule has 2 aromatic carbocycles. The van der Waals surface area contributed by atoms with Gasteiger partial charge in [-0.15, -0.1) is 5.10 Å². The predicted octanol–water partition coefficient (Wildman–Crippen LogP) is 6.27. The lowest BCUT2D eigenvalue weighted by atomic mass is 9.84. The zero-order chi connectivity index (χ0) is 19.3. The van der Waals surface area contributed by atoms with Gasteiger partial charge in [0.15, 0.2) is 11.5 Å². The van der Waals surface area contributed by atoms with E-state index in [1.165, 1.54) is 16.7 Å². The van der Waals surface area contributed by atoms with Gasteiger partial charge in [-0.2, -0.15) is 5.10 Å². The molecule has 0 fully saturated rings. The van der Waals surface area contributed by atoms with Crippen LogP contribution in [0.2, 0.25) is 0 Å². The normalized spacial score (nSPS) is 13.0. The molecule has 4 nitrogen and oxygen atoms in total. The highest BCUT2D eigenvalue weighted by atomic mass is 16.5. The van der Waals surface area contributed by atoms with Crippen molar-refractivity contribution in [2.45, 2.75) is 47.0 Å². The van der Waals surface area contributed by atoms with Gasteiger partial charge in [0.05, 0.1) is 17.6 Å². The maximum absolute atomic E-state index is 6.12. The first-order valence-corrected chi connectivity index (χ1v) is 9.28. The maximum atomic E-state index is 6.12. The number of benzene rings is 2. The minimum absolute atomic E-state index is 0.103. The summed E-state index contributed by atoms with van der Waals surface area (Å²) in [7, 11) is 0. The molecule has 1 aromatic heterocycles. The molecule has 0 spiro atoms. The lowest BCUT2D eigenvalue weighted by molar-refractivity contribution is 0.471. The predicted molar refractivity (Wildman–Crippen MR) is 110 cm³/mol. The Bertz CT molecular complexity index is 1010. The summed E-state index contributed by atoms with van der Waals surface area (Å²) < 4.78 is 6.12. The van der Waals surface area contributed by atoms with E-state index in [1.807, 2.05) is 6.07 Å². The molecule has 0 saturated heterocycles. The van der Waals surface area contributed by atoms with E-state index in [0.717, 1.165) is 34.3 Å². The van der Waals surface area contributed by atoms with Crippen LogP contribution in [0.15, 0.2) is 42.6 Å². The van der Waals surface area contributed by atoms with Crippen molar-refractivity contribution in [2.75, 3.05) is 4.90 Å². The fourth-order valence-corrected chi connectivity index (χ4v) is 3.64. The van der Waals surface area contributed by atoms with E-state index in [-0.39, 0.29) is 5.41 Å². The monoisotopic (exact) mass is 359 g/mol. The van der Waals surface area contributed by atoms with Gasteiger partial charge in [0, 0.05) is 6.07 Å². The Labute approximate surface area is 160 Å². The molecule has 0 aliphatic carbocycles. The summed E-state index contributed by atoms with van der Waals surface area (Å²) in [6, 6.07) is 12.7. The highest BCUT2D eigenvalue weighted by Crippen LogP contribution is 2.51. The zero-order valence-electron chi connectivity index (χ0n) is 16.8. The van der Waals surface area contributed by atoms with E-state index in [4.69, 9.17) is 4.74 Å². The lowest BCUT2D eigenvalue weighted by Crippen LogP contribution is -2.20. The fourth-order valence-electron chi connectivity index (χ4n) is 3.64. The van der Waals surface area contributed by atoms with Gasteiger partial charge in [0.25, 0.3) is 0 Å². The van der Waals surface area contributed by atoms with Crippen LogP contribution in [-0.4, -0.2) is 10.2 Å². The average Bonchev–Trinajstić information content (AvgIpc) is 2.59. The van der Waals surface area contributed by atoms with Crippen LogP contribution < -0.4 is 9.64 Å². The summed E-state index contributed by atoms with van der Waals surface area (Å²) in [5.74, 6) is 2.29. The molecule has 0 N–H and O–H groups in total. The molecular formula is C23H25N3O. The lowest BCUT2D eigenvalue weighted by Gasteiger charge is -2.34. The molecule has 2 heterocycles. The highest BCUT2D eigenvalue weighted by molar-refractivity contribution is 5.86. The summed E-state index contributed by atoms with van der Waals surface area (Å²) >= 11 is 0. The van der Waals surface area contributed by atoms with Crippen molar-refractivity contribution in [3.63, 3.8) is 0 Å². The quantitative estimate of drug-likeness (QED) is 0.401. The summed E-state index contributed by atoms with van der Waals surface area (Å²) in [6.45, 7) is 13.1. The smallest absolute Gasteiger partial charge is 0.203 e. The van der Waals surface area contributed by atoms with Crippen molar-refractivity contribution in [1.29, 1.82) is 0 Å². The van der Waals surface area contributed by atoms with Crippen molar-refractivity contribution in [3.8, 4) is 11.5 Å². The van der Waals surface area contributed by atoms with Crippen LogP contribution in [-0.2, 0) is 5.41 Å². The summed E-state index contributed by atoms with van der Waals surface area (Å²) in [5.41, 5.74) is 7.15. The number of hydrogen-bond acceptors (Lipinski definition) is 4. The molecule has 0 atom stereocenters. The minimum atomic E-state index is 0.103. The van der Waals surface area contributed by atoms with Crippen LogP contribution in [0.3, 0.4) is 0 Å². The Morgan fingerprint density at radius 1 is 0.889 bits per heavy atom. The molecule has 1 aliphatic heterocycles. The molecule has 0 radical (unpaired) electrons. The summed E-state index contributed by atoms with van der Waals surface area (Å²) in [5, 5.41) is 8.51. The Balaban J connectivity index is 1.97. The van der Waals surface area contributed by atoms with Gasteiger partial charge >= 0.3 is 0 Å². The first kappa shape index (κ1) is 17.5. The molecule has 138 valence electrons. The van der Waals surface area contributed by atoms with Crippen molar-refractivity contribution >= 4 is 17.2 Å². The topological polar surface area (TPSA) is 38.3 Å². The number of nitrogens with zero attached hydrogens (tertiary/aromatic N) is 3. The molecule has 0 unspecified atom stereocenters. The third-order valence-electron chi connectivity index (χ3n) is 5.03. The van der Waals surface area contributed by atoms with Gasteiger partial charge in [-0.1, -0.05) is 39.0 Å². The molecule has 0 amide bonds. The van der Waals surface area contributed by atoms with Crippen molar-refractivity contribution in [2.24, 2.45) is 0 Å². The second-order valence-electron chi connectivity index (χ2n) is 8.34. The standard InChI is InChI=1S/C23H25N3O/c1-14-7-8-18-20(11-14)27-19-9-10-24-25-22(19)26(18)21-15(2)12-17(13-16(21)3)23(4,5)6/h7-13H,1-6H3. The summed E-state index contributed by atoms with van der Waals surface area (Å²) in [4.78, 5) is 2.18. The fraction of sp³-hybridized carbons (Fsp3) is 0.304. The van der Waals surface area contributed by atoms with Crippen molar-refractivity contribution < 1.29 is 4.74 Å². The van der Waals surface area contributed by atoms with Crippen molar-refractivity contribution in [3.05, 3.63) is 64.8 Å².